The lowest BCUT2D eigenvalue weighted by Crippen LogP contribution is -2.10. The Morgan fingerprint density at radius 1 is 1.05 bits per heavy atom. The fraction of sp³-hybridized carbons (Fsp3) is 0.294. The Kier molecular flexibility index (Phi) is 4.79. The largest absolute Gasteiger partial charge is 0.392 e. The smallest absolute Gasteiger partial charge is 0.0682 e. The highest BCUT2D eigenvalue weighted by Gasteiger charge is 2.13. The molecule has 0 aromatic heterocycles. The van der Waals surface area contributed by atoms with Crippen LogP contribution in [0.15, 0.2) is 52.3 Å². The van der Waals surface area contributed by atoms with E-state index in [4.69, 9.17) is 16.7 Å². The number of benzene rings is 2. The second kappa shape index (κ2) is 6.21. The second-order valence-electron chi connectivity index (χ2n) is 5.80. The van der Waals surface area contributed by atoms with Crippen LogP contribution in [0.1, 0.15) is 31.9 Å². The van der Waals surface area contributed by atoms with Crippen LogP contribution in [0.5, 0.6) is 0 Å². The number of hydrogen-bond acceptors (Lipinski definition) is 2. The van der Waals surface area contributed by atoms with Crippen LogP contribution in [0.2, 0.25) is 5.02 Å². The lowest BCUT2D eigenvalue weighted by atomic mass is 9.87. The first-order valence-electron chi connectivity index (χ1n) is 6.58. The van der Waals surface area contributed by atoms with Gasteiger partial charge in [0.05, 0.1) is 11.6 Å². The second-order valence-corrected chi connectivity index (χ2v) is 7.32. The van der Waals surface area contributed by atoms with Crippen molar-refractivity contribution in [1.29, 1.82) is 0 Å². The van der Waals surface area contributed by atoms with E-state index in [0.29, 0.717) is 5.02 Å². The first kappa shape index (κ1) is 15.4. The average Bonchev–Trinajstić information content (AvgIpc) is 2.40. The number of hydrogen-bond donors (Lipinski definition) is 1. The third-order valence-corrected chi connectivity index (χ3v) is 4.64. The summed E-state index contributed by atoms with van der Waals surface area (Å²) in [6.07, 6.45) is 0. The van der Waals surface area contributed by atoms with E-state index in [1.807, 2.05) is 18.2 Å². The van der Waals surface area contributed by atoms with Crippen molar-refractivity contribution >= 4 is 23.4 Å². The van der Waals surface area contributed by atoms with E-state index in [0.717, 1.165) is 15.4 Å². The van der Waals surface area contributed by atoms with Gasteiger partial charge in [-0.3, -0.25) is 0 Å². The Morgan fingerprint density at radius 2 is 1.70 bits per heavy atom. The third-order valence-electron chi connectivity index (χ3n) is 3.13. The molecule has 0 spiro atoms. The zero-order chi connectivity index (χ0) is 14.8. The molecule has 2 aromatic carbocycles. The highest BCUT2D eigenvalue weighted by atomic mass is 35.5. The van der Waals surface area contributed by atoms with E-state index in [1.165, 1.54) is 5.56 Å². The summed E-state index contributed by atoms with van der Waals surface area (Å²) >= 11 is 7.87. The minimum absolute atomic E-state index is 0.0188. The zero-order valence-corrected chi connectivity index (χ0v) is 13.6. The van der Waals surface area contributed by atoms with Crippen LogP contribution in [0.4, 0.5) is 0 Å². The van der Waals surface area contributed by atoms with Gasteiger partial charge in [-0.25, -0.2) is 0 Å². The van der Waals surface area contributed by atoms with Crippen molar-refractivity contribution in [2.75, 3.05) is 0 Å². The fourth-order valence-corrected chi connectivity index (χ4v) is 3.01. The van der Waals surface area contributed by atoms with E-state index in [-0.39, 0.29) is 12.0 Å². The summed E-state index contributed by atoms with van der Waals surface area (Å²) < 4.78 is 0. The van der Waals surface area contributed by atoms with Crippen molar-refractivity contribution in [1.82, 2.24) is 0 Å². The van der Waals surface area contributed by atoms with E-state index in [9.17, 15) is 0 Å². The van der Waals surface area contributed by atoms with Gasteiger partial charge in [0.25, 0.3) is 0 Å². The van der Waals surface area contributed by atoms with Crippen molar-refractivity contribution in [2.45, 2.75) is 42.6 Å². The molecule has 0 aliphatic carbocycles. The lowest BCUT2D eigenvalue weighted by Gasteiger charge is -2.19. The predicted octanol–water partition coefficient (Wildman–Crippen LogP) is 5.28. The van der Waals surface area contributed by atoms with Crippen LogP contribution in [-0.2, 0) is 12.0 Å². The molecule has 0 fully saturated rings. The Balaban J connectivity index is 2.18. The van der Waals surface area contributed by atoms with Gasteiger partial charge in [-0.1, -0.05) is 62.3 Å². The monoisotopic (exact) mass is 306 g/mol. The van der Waals surface area contributed by atoms with Crippen LogP contribution in [-0.4, -0.2) is 5.11 Å². The summed E-state index contributed by atoms with van der Waals surface area (Å²) in [4.78, 5) is 2.17. The standard InChI is InChI=1S/C17H19ClOS/c1-17(2,3)13-5-7-14(8-6-13)20-16-9-4-12(11-19)10-15(16)18/h4-10,19H,11H2,1-3H3. The molecule has 1 nitrogen and oxygen atoms in total. The van der Waals surface area contributed by atoms with Gasteiger partial charge in [0.15, 0.2) is 0 Å². The van der Waals surface area contributed by atoms with E-state index >= 15 is 0 Å². The van der Waals surface area contributed by atoms with Gasteiger partial charge in [0.2, 0.25) is 0 Å². The zero-order valence-electron chi connectivity index (χ0n) is 12.0. The summed E-state index contributed by atoms with van der Waals surface area (Å²) in [5.41, 5.74) is 2.33. The molecule has 0 bridgehead atoms. The van der Waals surface area contributed by atoms with Gasteiger partial charge >= 0.3 is 0 Å². The Labute approximate surface area is 130 Å². The maximum atomic E-state index is 9.08. The molecule has 0 atom stereocenters. The molecule has 0 unspecified atom stereocenters. The molecule has 0 amide bonds. The van der Waals surface area contributed by atoms with E-state index in [1.54, 1.807) is 11.8 Å². The van der Waals surface area contributed by atoms with Crippen LogP contribution < -0.4 is 0 Å². The molecular formula is C17H19ClOS. The Bertz CT molecular complexity index is 585. The van der Waals surface area contributed by atoms with Crippen molar-refractivity contribution in [3.8, 4) is 0 Å². The fourth-order valence-electron chi connectivity index (χ4n) is 1.88. The summed E-state index contributed by atoms with van der Waals surface area (Å²) in [6, 6.07) is 14.3. The SMILES string of the molecule is CC(C)(C)c1ccc(Sc2ccc(CO)cc2Cl)cc1. The molecule has 106 valence electrons. The highest BCUT2D eigenvalue weighted by Crippen LogP contribution is 2.34. The Hall–Kier alpha value is -0.960. The molecule has 0 heterocycles. The first-order valence-corrected chi connectivity index (χ1v) is 7.77. The molecule has 0 saturated carbocycles. The van der Waals surface area contributed by atoms with Gasteiger partial charge in [0.1, 0.15) is 0 Å². The van der Waals surface area contributed by atoms with Gasteiger partial charge in [0, 0.05) is 9.79 Å². The molecular weight excluding hydrogens is 288 g/mol. The summed E-state index contributed by atoms with van der Waals surface area (Å²) in [5.74, 6) is 0. The van der Waals surface area contributed by atoms with Crippen LogP contribution >= 0.6 is 23.4 Å². The van der Waals surface area contributed by atoms with Crippen LogP contribution in [0, 0.1) is 0 Å². The Morgan fingerprint density at radius 3 is 2.20 bits per heavy atom. The van der Waals surface area contributed by atoms with Gasteiger partial charge < -0.3 is 5.11 Å². The molecule has 0 aliphatic rings. The van der Waals surface area contributed by atoms with Gasteiger partial charge in [-0.15, -0.1) is 0 Å². The van der Waals surface area contributed by atoms with Gasteiger partial charge in [-0.05, 0) is 40.8 Å². The molecule has 20 heavy (non-hydrogen) atoms. The van der Waals surface area contributed by atoms with Crippen molar-refractivity contribution in [3.63, 3.8) is 0 Å². The number of rotatable bonds is 3. The normalized spacial score (nSPS) is 11.7. The molecule has 2 rings (SSSR count). The molecule has 2 aromatic rings. The highest BCUT2D eigenvalue weighted by molar-refractivity contribution is 7.99. The third kappa shape index (κ3) is 3.78. The van der Waals surface area contributed by atoms with Gasteiger partial charge in [-0.2, -0.15) is 0 Å². The summed E-state index contributed by atoms with van der Waals surface area (Å²) in [6.45, 7) is 6.64. The lowest BCUT2D eigenvalue weighted by molar-refractivity contribution is 0.282. The first-order chi connectivity index (χ1) is 9.40. The predicted molar refractivity (Wildman–Crippen MR) is 86.6 cm³/mol. The molecule has 0 radical (unpaired) electrons. The van der Waals surface area contributed by atoms with Crippen molar-refractivity contribution < 1.29 is 5.11 Å². The quantitative estimate of drug-likeness (QED) is 0.832. The van der Waals surface area contributed by atoms with Crippen LogP contribution in [0.3, 0.4) is 0 Å². The number of aliphatic hydroxyl groups is 1. The maximum absolute atomic E-state index is 9.08. The van der Waals surface area contributed by atoms with E-state index < -0.39 is 0 Å². The van der Waals surface area contributed by atoms with Crippen molar-refractivity contribution in [3.05, 3.63) is 58.6 Å². The molecule has 0 aliphatic heterocycles. The minimum atomic E-state index is 0.0188. The van der Waals surface area contributed by atoms with E-state index in [2.05, 4.69) is 45.0 Å². The molecule has 0 saturated heterocycles. The molecule has 1 N–H and O–H groups in total. The maximum Gasteiger partial charge on any atom is 0.0682 e. The number of aliphatic hydroxyl groups excluding tert-OH is 1. The number of halogens is 1. The average molecular weight is 307 g/mol. The minimum Gasteiger partial charge on any atom is -0.392 e. The van der Waals surface area contributed by atoms with Crippen LogP contribution in [0.25, 0.3) is 0 Å². The molecule has 3 heteroatoms. The topological polar surface area (TPSA) is 20.2 Å². The van der Waals surface area contributed by atoms with Crippen molar-refractivity contribution in [2.24, 2.45) is 0 Å². The summed E-state index contributed by atoms with van der Waals surface area (Å²) in [7, 11) is 0. The summed E-state index contributed by atoms with van der Waals surface area (Å²) in [5, 5.41) is 9.77.